The summed E-state index contributed by atoms with van der Waals surface area (Å²) in [4.78, 5) is 0. The molecule has 0 aliphatic heterocycles. The Morgan fingerprint density at radius 2 is 2.00 bits per heavy atom. The molecular formula is C12H22N2. The van der Waals surface area contributed by atoms with E-state index in [0.29, 0.717) is 6.04 Å². The van der Waals surface area contributed by atoms with Gasteiger partial charge in [-0.1, -0.05) is 0 Å². The van der Waals surface area contributed by atoms with Gasteiger partial charge in [0, 0.05) is 17.4 Å². The van der Waals surface area contributed by atoms with Crippen molar-refractivity contribution < 1.29 is 0 Å². The number of nitrogens with zero attached hydrogens (tertiary/aromatic N) is 1. The van der Waals surface area contributed by atoms with E-state index in [-0.39, 0.29) is 0 Å². The molecule has 1 N–H and O–H groups in total. The number of aryl methyl sites for hydroxylation is 1. The molecule has 0 saturated heterocycles. The Hall–Kier alpha value is -0.760. The fourth-order valence-electron chi connectivity index (χ4n) is 2.15. The molecule has 1 rings (SSSR count). The zero-order chi connectivity index (χ0) is 10.7. The summed E-state index contributed by atoms with van der Waals surface area (Å²) in [5, 5.41) is 3.19. The standard InChI is InChI=1S/C12H22N2/c1-9(2)14-10(3)8-12(11(14)4)6-7-13-5/h8-9,13H,6-7H2,1-5H3. The quantitative estimate of drug-likeness (QED) is 0.779. The minimum Gasteiger partial charge on any atom is -0.346 e. The monoisotopic (exact) mass is 194 g/mol. The second-order valence-corrected chi connectivity index (χ2v) is 4.21. The molecule has 0 atom stereocenters. The first-order valence-electron chi connectivity index (χ1n) is 5.39. The lowest BCUT2D eigenvalue weighted by Crippen LogP contribution is -2.11. The Labute approximate surface area is 87.3 Å². The van der Waals surface area contributed by atoms with E-state index in [4.69, 9.17) is 0 Å². The predicted molar refractivity (Wildman–Crippen MR) is 61.9 cm³/mol. The molecule has 0 unspecified atom stereocenters. The van der Waals surface area contributed by atoms with Crippen LogP contribution in [0.3, 0.4) is 0 Å². The highest BCUT2D eigenvalue weighted by Crippen LogP contribution is 2.20. The Kier molecular flexibility index (Phi) is 3.76. The van der Waals surface area contributed by atoms with Crippen molar-refractivity contribution in [3.05, 3.63) is 23.0 Å². The first-order chi connectivity index (χ1) is 6.57. The highest BCUT2D eigenvalue weighted by atomic mass is 15.0. The lowest BCUT2D eigenvalue weighted by molar-refractivity contribution is 0.572. The van der Waals surface area contributed by atoms with Crippen LogP contribution in [0, 0.1) is 13.8 Å². The number of hydrogen-bond acceptors (Lipinski definition) is 1. The molecule has 0 saturated carbocycles. The summed E-state index contributed by atoms with van der Waals surface area (Å²) in [7, 11) is 2.00. The lowest BCUT2D eigenvalue weighted by Gasteiger charge is -2.13. The molecule has 0 spiro atoms. The van der Waals surface area contributed by atoms with E-state index in [1.54, 1.807) is 0 Å². The van der Waals surface area contributed by atoms with Crippen LogP contribution in [-0.2, 0) is 6.42 Å². The van der Waals surface area contributed by atoms with Gasteiger partial charge in [0.15, 0.2) is 0 Å². The van der Waals surface area contributed by atoms with Crippen LogP contribution in [0.1, 0.15) is 36.8 Å². The molecule has 0 fully saturated rings. The van der Waals surface area contributed by atoms with Gasteiger partial charge in [0.25, 0.3) is 0 Å². The van der Waals surface area contributed by atoms with Crippen LogP contribution in [0.15, 0.2) is 6.07 Å². The van der Waals surface area contributed by atoms with Gasteiger partial charge in [0.1, 0.15) is 0 Å². The van der Waals surface area contributed by atoms with Gasteiger partial charge >= 0.3 is 0 Å². The van der Waals surface area contributed by atoms with E-state index in [0.717, 1.165) is 13.0 Å². The predicted octanol–water partition coefficient (Wildman–Crippen LogP) is 2.45. The van der Waals surface area contributed by atoms with Crippen molar-refractivity contribution >= 4 is 0 Å². The first-order valence-corrected chi connectivity index (χ1v) is 5.39. The Morgan fingerprint density at radius 3 is 2.43 bits per heavy atom. The van der Waals surface area contributed by atoms with E-state index < -0.39 is 0 Å². The van der Waals surface area contributed by atoms with Crippen LogP contribution in [0.25, 0.3) is 0 Å². The molecule has 0 radical (unpaired) electrons. The van der Waals surface area contributed by atoms with Crippen LogP contribution < -0.4 is 5.32 Å². The molecule has 2 nitrogen and oxygen atoms in total. The van der Waals surface area contributed by atoms with Crippen LogP contribution in [0.4, 0.5) is 0 Å². The number of rotatable bonds is 4. The number of hydrogen-bond donors (Lipinski definition) is 1. The van der Waals surface area contributed by atoms with Gasteiger partial charge in [-0.25, -0.2) is 0 Å². The molecule has 0 amide bonds. The van der Waals surface area contributed by atoms with Crippen molar-refractivity contribution in [3.8, 4) is 0 Å². The minimum absolute atomic E-state index is 0.568. The van der Waals surface area contributed by atoms with Crippen LogP contribution in [0.5, 0.6) is 0 Å². The molecule has 0 bridgehead atoms. The maximum absolute atomic E-state index is 3.19. The van der Waals surface area contributed by atoms with Gasteiger partial charge in [-0.2, -0.15) is 0 Å². The highest BCUT2D eigenvalue weighted by Gasteiger charge is 2.10. The fraction of sp³-hybridized carbons (Fsp3) is 0.667. The van der Waals surface area contributed by atoms with Crippen LogP contribution in [-0.4, -0.2) is 18.2 Å². The lowest BCUT2D eigenvalue weighted by atomic mass is 10.2. The maximum atomic E-state index is 3.19. The minimum atomic E-state index is 0.568. The van der Waals surface area contributed by atoms with E-state index in [2.05, 4.69) is 43.6 Å². The molecule has 0 aliphatic carbocycles. The summed E-state index contributed by atoms with van der Waals surface area (Å²) < 4.78 is 2.41. The zero-order valence-electron chi connectivity index (χ0n) is 10.0. The summed E-state index contributed by atoms with van der Waals surface area (Å²) in [5.74, 6) is 0. The van der Waals surface area contributed by atoms with Crippen molar-refractivity contribution in [2.45, 2.75) is 40.2 Å². The van der Waals surface area contributed by atoms with E-state index >= 15 is 0 Å². The molecule has 0 aromatic carbocycles. The fourth-order valence-corrected chi connectivity index (χ4v) is 2.15. The summed E-state index contributed by atoms with van der Waals surface area (Å²) >= 11 is 0. The highest BCUT2D eigenvalue weighted by molar-refractivity contribution is 5.27. The third-order valence-corrected chi connectivity index (χ3v) is 2.75. The number of nitrogens with one attached hydrogen (secondary N) is 1. The van der Waals surface area contributed by atoms with Crippen molar-refractivity contribution in [2.24, 2.45) is 0 Å². The molecule has 1 aromatic rings. The number of aromatic nitrogens is 1. The Balaban J connectivity index is 2.92. The summed E-state index contributed by atoms with van der Waals surface area (Å²) in [5.41, 5.74) is 4.28. The average Bonchev–Trinajstić information content (AvgIpc) is 2.38. The summed E-state index contributed by atoms with van der Waals surface area (Å²) in [6.45, 7) is 9.94. The average molecular weight is 194 g/mol. The smallest absolute Gasteiger partial charge is 0.0279 e. The van der Waals surface area contributed by atoms with Crippen molar-refractivity contribution in [1.82, 2.24) is 9.88 Å². The molecule has 0 aliphatic rings. The summed E-state index contributed by atoms with van der Waals surface area (Å²) in [6, 6.07) is 2.88. The van der Waals surface area contributed by atoms with Crippen LogP contribution in [0.2, 0.25) is 0 Å². The zero-order valence-corrected chi connectivity index (χ0v) is 10.0. The second kappa shape index (κ2) is 4.65. The van der Waals surface area contributed by atoms with Gasteiger partial charge < -0.3 is 9.88 Å². The van der Waals surface area contributed by atoms with E-state index in [9.17, 15) is 0 Å². The van der Waals surface area contributed by atoms with Gasteiger partial charge in [-0.3, -0.25) is 0 Å². The molecule has 2 heteroatoms. The summed E-state index contributed by atoms with van der Waals surface area (Å²) in [6.07, 6.45) is 1.13. The van der Waals surface area contributed by atoms with Crippen molar-refractivity contribution in [3.63, 3.8) is 0 Å². The van der Waals surface area contributed by atoms with Crippen molar-refractivity contribution in [1.29, 1.82) is 0 Å². The molecule has 1 aromatic heterocycles. The second-order valence-electron chi connectivity index (χ2n) is 4.21. The van der Waals surface area contributed by atoms with E-state index in [1.165, 1.54) is 17.0 Å². The van der Waals surface area contributed by atoms with Crippen LogP contribution >= 0.6 is 0 Å². The SMILES string of the molecule is CNCCc1cc(C)n(C(C)C)c1C. The van der Waals surface area contributed by atoms with Gasteiger partial charge in [-0.15, -0.1) is 0 Å². The molecular weight excluding hydrogens is 172 g/mol. The molecule has 80 valence electrons. The normalized spacial score (nSPS) is 11.3. The molecule has 1 heterocycles. The van der Waals surface area contributed by atoms with E-state index in [1.807, 2.05) is 7.05 Å². The third kappa shape index (κ3) is 2.18. The largest absolute Gasteiger partial charge is 0.346 e. The molecule has 14 heavy (non-hydrogen) atoms. The Morgan fingerprint density at radius 1 is 1.36 bits per heavy atom. The van der Waals surface area contributed by atoms with Gasteiger partial charge in [-0.05, 0) is 59.3 Å². The van der Waals surface area contributed by atoms with Gasteiger partial charge in [0.2, 0.25) is 0 Å². The first kappa shape index (κ1) is 11.3. The van der Waals surface area contributed by atoms with Gasteiger partial charge in [0.05, 0.1) is 0 Å². The van der Waals surface area contributed by atoms with Crippen molar-refractivity contribution in [2.75, 3.05) is 13.6 Å². The topological polar surface area (TPSA) is 17.0 Å². The Bertz CT molecular complexity index is 298. The maximum Gasteiger partial charge on any atom is 0.0279 e. The number of likely N-dealkylation sites (N-methyl/N-ethyl adjacent to an activating group) is 1. The third-order valence-electron chi connectivity index (χ3n) is 2.75.